The van der Waals surface area contributed by atoms with E-state index in [2.05, 4.69) is 29.0 Å². The number of fused-ring (bicyclic) bond motifs is 1. The summed E-state index contributed by atoms with van der Waals surface area (Å²) in [5.74, 6) is 0.608. The van der Waals surface area contributed by atoms with Crippen molar-refractivity contribution in [3.8, 4) is 5.69 Å². The first-order valence-electron chi connectivity index (χ1n) is 8.36. The fourth-order valence-electron chi connectivity index (χ4n) is 3.12. The number of H-pyrrole nitrogens is 1. The van der Waals surface area contributed by atoms with Gasteiger partial charge in [0.15, 0.2) is 0 Å². The SMILES string of the molecule is CC[C@H](C)N1CNc2c(c(=O)[nH]c(=O)n2-c2cccc(C)c2C)C1. The van der Waals surface area contributed by atoms with Gasteiger partial charge in [-0.15, -0.1) is 0 Å². The van der Waals surface area contributed by atoms with Gasteiger partial charge in [0.05, 0.1) is 17.9 Å². The zero-order valence-corrected chi connectivity index (χ0v) is 14.6. The van der Waals surface area contributed by atoms with Crippen molar-refractivity contribution in [2.45, 2.75) is 46.7 Å². The molecule has 3 rings (SSSR count). The standard InChI is InChI=1S/C18H24N4O2/c1-5-12(3)21-9-14-16(19-10-21)22(18(24)20-17(14)23)15-8-6-7-11(2)13(15)4/h6-8,12,19H,5,9-10H2,1-4H3,(H,20,23,24)/t12-/m0/s1. The molecule has 0 amide bonds. The van der Waals surface area contributed by atoms with Crippen LogP contribution >= 0.6 is 0 Å². The summed E-state index contributed by atoms with van der Waals surface area (Å²) in [4.78, 5) is 29.5. The lowest BCUT2D eigenvalue weighted by molar-refractivity contribution is 0.200. The molecule has 0 saturated heterocycles. The highest BCUT2D eigenvalue weighted by Crippen LogP contribution is 2.25. The topological polar surface area (TPSA) is 70.1 Å². The van der Waals surface area contributed by atoms with Crippen molar-refractivity contribution < 1.29 is 0 Å². The highest BCUT2D eigenvalue weighted by Gasteiger charge is 2.25. The monoisotopic (exact) mass is 328 g/mol. The Bertz CT molecular complexity index is 882. The molecule has 0 fully saturated rings. The average Bonchev–Trinajstić information content (AvgIpc) is 2.57. The predicted octanol–water partition coefficient (Wildman–Crippen LogP) is 2.13. The van der Waals surface area contributed by atoms with E-state index >= 15 is 0 Å². The Labute approximate surface area is 141 Å². The molecular weight excluding hydrogens is 304 g/mol. The summed E-state index contributed by atoms with van der Waals surface area (Å²) in [5, 5.41) is 3.29. The van der Waals surface area contributed by atoms with Gasteiger partial charge >= 0.3 is 5.69 Å². The molecule has 2 aromatic rings. The van der Waals surface area contributed by atoms with Crippen molar-refractivity contribution in [3.63, 3.8) is 0 Å². The van der Waals surface area contributed by atoms with Gasteiger partial charge in [-0.2, -0.15) is 0 Å². The minimum absolute atomic E-state index is 0.308. The molecule has 1 aliphatic rings. The third-order valence-corrected chi connectivity index (χ3v) is 5.05. The summed E-state index contributed by atoms with van der Waals surface area (Å²) in [5.41, 5.74) is 2.84. The van der Waals surface area contributed by atoms with E-state index in [9.17, 15) is 9.59 Å². The molecule has 0 unspecified atom stereocenters. The molecule has 24 heavy (non-hydrogen) atoms. The summed E-state index contributed by atoms with van der Waals surface area (Å²) in [6.07, 6.45) is 1.01. The molecule has 0 bridgehead atoms. The zero-order chi connectivity index (χ0) is 17.4. The van der Waals surface area contributed by atoms with E-state index in [1.54, 1.807) is 4.57 Å². The summed E-state index contributed by atoms with van der Waals surface area (Å²) < 4.78 is 1.59. The molecule has 1 aliphatic heterocycles. The summed E-state index contributed by atoms with van der Waals surface area (Å²) in [7, 11) is 0. The molecule has 128 valence electrons. The highest BCUT2D eigenvalue weighted by atomic mass is 16.2. The first-order chi connectivity index (χ1) is 11.4. The molecule has 0 spiro atoms. The van der Waals surface area contributed by atoms with Crippen LogP contribution in [-0.4, -0.2) is 27.2 Å². The number of anilines is 1. The lowest BCUT2D eigenvalue weighted by Gasteiger charge is -2.34. The van der Waals surface area contributed by atoms with Gasteiger partial charge in [-0.3, -0.25) is 14.7 Å². The van der Waals surface area contributed by atoms with Crippen LogP contribution in [-0.2, 0) is 6.54 Å². The van der Waals surface area contributed by atoms with E-state index in [4.69, 9.17) is 0 Å². The lowest BCUT2D eigenvalue weighted by atomic mass is 10.1. The molecule has 1 aromatic carbocycles. The van der Waals surface area contributed by atoms with Crippen LogP contribution in [0.2, 0.25) is 0 Å². The van der Waals surface area contributed by atoms with Crippen molar-refractivity contribution in [3.05, 3.63) is 55.7 Å². The first kappa shape index (κ1) is 16.5. The van der Waals surface area contributed by atoms with Gasteiger partial charge in [0, 0.05) is 12.6 Å². The lowest BCUT2D eigenvalue weighted by Crippen LogP contribution is -2.45. The number of nitrogens with one attached hydrogen (secondary N) is 2. The largest absolute Gasteiger partial charge is 0.358 e. The Morgan fingerprint density at radius 1 is 1.25 bits per heavy atom. The van der Waals surface area contributed by atoms with Gasteiger partial charge in [-0.1, -0.05) is 19.1 Å². The number of nitrogens with zero attached hydrogens (tertiary/aromatic N) is 2. The van der Waals surface area contributed by atoms with E-state index < -0.39 is 5.69 Å². The second-order valence-electron chi connectivity index (χ2n) is 6.48. The minimum Gasteiger partial charge on any atom is -0.358 e. The fourth-order valence-corrected chi connectivity index (χ4v) is 3.12. The number of aryl methyl sites for hydroxylation is 1. The molecule has 2 heterocycles. The number of hydrogen-bond donors (Lipinski definition) is 2. The van der Waals surface area contributed by atoms with E-state index in [0.717, 1.165) is 23.2 Å². The highest BCUT2D eigenvalue weighted by molar-refractivity contribution is 5.55. The van der Waals surface area contributed by atoms with Crippen LogP contribution in [0.15, 0.2) is 27.8 Å². The number of benzene rings is 1. The second kappa shape index (κ2) is 6.28. The summed E-state index contributed by atoms with van der Waals surface area (Å²) in [6, 6.07) is 6.22. The first-order valence-corrected chi connectivity index (χ1v) is 8.36. The van der Waals surface area contributed by atoms with Gasteiger partial charge in [0.25, 0.3) is 5.56 Å². The van der Waals surface area contributed by atoms with Crippen LogP contribution in [0.3, 0.4) is 0 Å². The van der Waals surface area contributed by atoms with E-state index in [1.807, 2.05) is 32.0 Å². The van der Waals surface area contributed by atoms with E-state index in [-0.39, 0.29) is 5.56 Å². The Kier molecular flexibility index (Phi) is 4.32. The molecule has 6 heteroatoms. The average molecular weight is 328 g/mol. The van der Waals surface area contributed by atoms with Crippen LogP contribution in [0.1, 0.15) is 37.0 Å². The number of rotatable bonds is 3. The van der Waals surface area contributed by atoms with Crippen LogP contribution in [0, 0.1) is 13.8 Å². The normalized spacial score (nSPS) is 15.7. The maximum absolute atomic E-state index is 12.5. The number of aromatic amines is 1. The Morgan fingerprint density at radius 2 is 2.00 bits per heavy atom. The Balaban J connectivity index is 2.19. The van der Waals surface area contributed by atoms with Crippen LogP contribution in [0.5, 0.6) is 0 Å². The maximum Gasteiger partial charge on any atom is 0.334 e. The molecule has 0 radical (unpaired) electrons. The molecular formula is C18H24N4O2. The predicted molar refractivity (Wildman–Crippen MR) is 95.9 cm³/mol. The Morgan fingerprint density at radius 3 is 2.71 bits per heavy atom. The zero-order valence-electron chi connectivity index (χ0n) is 14.6. The fraction of sp³-hybridized carbons (Fsp3) is 0.444. The van der Waals surface area contributed by atoms with Crippen LogP contribution in [0.25, 0.3) is 5.69 Å². The minimum atomic E-state index is -0.406. The number of aromatic nitrogens is 2. The quantitative estimate of drug-likeness (QED) is 0.905. The smallest absolute Gasteiger partial charge is 0.334 e. The van der Waals surface area contributed by atoms with Gasteiger partial charge < -0.3 is 5.32 Å². The van der Waals surface area contributed by atoms with Crippen molar-refractivity contribution in [2.24, 2.45) is 0 Å². The molecule has 2 N–H and O–H groups in total. The van der Waals surface area contributed by atoms with Crippen LogP contribution in [0.4, 0.5) is 5.82 Å². The molecule has 1 aromatic heterocycles. The summed E-state index contributed by atoms with van der Waals surface area (Å²) in [6.45, 7) is 9.43. The second-order valence-corrected chi connectivity index (χ2v) is 6.48. The van der Waals surface area contributed by atoms with Crippen molar-refractivity contribution in [1.29, 1.82) is 0 Å². The summed E-state index contributed by atoms with van der Waals surface area (Å²) >= 11 is 0. The third-order valence-electron chi connectivity index (χ3n) is 5.05. The van der Waals surface area contributed by atoms with Crippen molar-refractivity contribution in [2.75, 3.05) is 12.0 Å². The molecule has 0 aliphatic carbocycles. The van der Waals surface area contributed by atoms with Crippen molar-refractivity contribution >= 4 is 5.82 Å². The van der Waals surface area contributed by atoms with Gasteiger partial charge in [0.1, 0.15) is 5.82 Å². The van der Waals surface area contributed by atoms with Gasteiger partial charge in [0.2, 0.25) is 0 Å². The van der Waals surface area contributed by atoms with Gasteiger partial charge in [-0.05, 0) is 44.4 Å². The number of hydrogen-bond acceptors (Lipinski definition) is 4. The Hall–Kier alpha value is -2.34. The van der Waals surface area contributed by atoms with Crippen LogP contribution < -0.4 is 16.6 Å². The third kappa shape index (κ3) is 2.67. The maximum atomic E-state index is 12.5. The van der Waals surface area contributed by atoms with Gasteiger partial charge in [-0.25, -0.2) is 9.36 Å². The molecule has 1 atom stereocenters. The molecule has 0 saturated carbocycles. The van der Waals surface area contributed by atoms with E-state index in [0.29, 0.717) is 30.6 Å². The molecule has 6 nitrogen and oxygen atoms in total. The van der Waals surface area contributed by atoms with Crippen molar-refractivity contribution in [1.82, 2.24) is 14.5 Å². The van der Waals surface area contributed by atoms with E-state index in [1.165, 1.54) is 0 Å².